The lowest BCUT2D eigenvalue weighted by Crippen LogP contribution is -2.44. The molecule has 1 aromatic carbocycles. The Morgan fingerprint density at radius 3 is 2.43 bits per heavy atom. The first kappa shape index (κ1) is 17.1. The molecule has 1 aromatic rings. The maximum atomic E-state index is 12.2. The van der Waals surface area contributed by atoms with Gasteiger partial charge in [-0.15, -0.1) is 0 Å². The Labute approximate surface area is 135 Å². The third-order valence-electron chi connectivity index (χ3n) is 4.09. The summed E-state index contributed by atoms with van der Waals surface area (Å²) in [7, 11) is 3.13. The first-order chi connectivity index (χ1) is 11.0. The lowest BCUT2D eigenvalue weighted by molar-refractivity contribution is -0.143. The Morgan fingerprint density at radius 2 is 1.91 bits per heavy atom. The molecular weight excluding hydrogens is 298 g/mol. The molecule has 0 aliphatic heterocycles. The monoisotopic (exact) mass is 321 g/mol. The number of carboxylic acid groups (broad SMARTS) is 1. The molecule has 1 aliphatic rings. The molecule has 0 bridgehead atoms. The summed E-state index contributed by atoms with van der Waals surface area (Å²) in [6.45, 7) is 1.79. The highest BCUT2D eigenvalue weighted by Crippen LogP contribution is 2.33. The number of carbonyl (C=O) groups is 2. The van der Waals surface area contributed by atoms with Crippen LogP contribution >= 0.6 is 0 Å². The number of benzene rings is 1. The van der Waals surface area contributed by atoms with Crippen molar-refractivity contribution in [3.05, 3.63) is 23.8 Å². The maximum Gasteiger partial charge on any atom is 0.326 e. The fourth-order valence-corrected chi connectivity index (χ4v) is 2.56. The van der Waals surface area contributed by atoms with Crippen LogP contribution in [0, 0.1) is 11.8 Å². The lowest BCUT2D eigenvalue weighted by atomic mass is 9.99. The van der Waals surface area contributed by atoms with E-state index in [0.29, 0.717) is 17.9 Å². The van der Waals surface area contributed by atoms with Crippen LogP contribution < -0.4 is 14.8 Å². The molecular formula is C17H23NO5. The van der Waals surface area contributed by atoms with E-state index in [4.69, 9.17) is 9.47 Å². The minimum absolute atomic E-state index is 0.0738. The molecule has 6 heteroatoms. The number of aliphatic carboxylic acids is 1. The van der Waals surface area contributed by atoms with Gasteiger partial charge in [-0.1, -0.05) is 13.0 Å². The van der Waals surface area contributed by atoms with E-state index in [1.54, 1.807) is 27.2 Å². The third-order valence-corrected chi connectivity index (χ3v) is 4.09. The van der Waals surface area contributed by atoms with Gasteiger partial charge >= 0.3 is 5.97 Å². The Morgan fingerprint density at radius 1 is 1.26 bits per heavy atom. The molecule has 0 heterocycles. The lowest BCUT2D eigenvalue weighted by Gasteiger charge is -2.18. The topological polar surface area (TPSA) is 84.9 Å². The highest BCUT2D eigenvalue weighted by atomic mass is 16.5. The second-order valence-electron chi connectivity index (χ2n) is 5.96. The summed E-state index contributed by atoms with van der Waals surface area (Å²) in [5.74, 6) is -0.205. The van der Waals surface area contributed by atoms with Gasteiger partial charge < -0.3 is 19.9 Å². The average molecular weight is 321 g/mol. The van der Waals surface area contributed by atoms with E-state index >= 15 is 0 Å². The van der Waals surface area contributed by atoms with Crippen molar-refractivity contribution in [2.45, 2.75) is 32.2 Å². The zero-order valence-electron chi connectivity index (χ0n) is 13.7. The van der Waals surface area contributed by atoms with Gasteiger partial charge in [-0.25, -0.2) is 4.79 Å². The quantitative estimate of drug-likeness (QED) is 0.763. The molecule has 23 heavy (non-hydrogen) atoms. The van der Waals surface area contributed by atoms with Crippen molar-refractivity contribution in [1.29, 1.82) is 0 Å². The molecule has 1 aliphatic carbocycles. The Bertz CT molecular complexity index is 582. The number of hydrogen-bond acceptors (Lipinski definition) is 4. The summed E-state index contributed by atoms with van der Waals surface area (Å²) in [6, 6.07) is 4.73. The molecule has 1 fully saturated rings. The van der Waals surface area contributed by atoms with Crippen LogP contribution in [-0.4, -0.2) is 37.2 Å². The molecule has 1 saturated carbocycles. The van der Waals surface area contributed by atoms with Crippen LogP contribution in [0.5, 0.6) is 11.5 Å². The summed E-state index contributed by atoms with van der Waals surface area (Å²) in [5.41, 5.74) is 0.934. The van der Waals surface area contributed by atoms with Crippen molar-refractivity contribution in [2.75, 3.05) is 14.2 Å². The van der Waals surface area contributed by atoms with E-state index in [1.807, 2.05) is 12.1 Å². The van der Waals surface area contributed by atoms with Gasteiger partial charge in [0.05, 0.1) is 14.2 Å². The van der Waals surface area contributed by atoms with Crippen molar-refractivity contribution in [3.8, 4) is 11.5 Å². The summed E-state index contributed by atoms with van der Waals surface area (Å²) in [5, 5.41) is 11.8. The number of rotatable bonds is 8. The van der Waals surface area contributed by atoms with Crippen molar-refractivity contribution < 1.29 is 24.2 Å². The molecule has 126 valence electrons. The minimum Gasteiger partial charge on any atom is -0.493 e. The predicted octanol–water partition coefficient (Wildman–Crippen LogP) is 1.86. The van der Waals surface area contributed by atoms with Gasteiger partial charge in [-0.3, -0.25) is 4.79 Å². The number of methoxy groups -OCH3 is 2. The van der Waals surface area contributed by atoms with Crippen LogP contribution in [0.2, 0.25) is 0 Å². The van der Waals surface area contributed by atoms with E-state index in [0.717, 1.165) is 18.4 Å². The van der Waals surface area contributed by atoms with Crippen molar-refractivity contribution in [3.63, 3.8) is 0 Å². The molecule has 2 N–H and O–H groups in total. The molecule has 2 atom stereocenters. The molecule has 0 aromatic heterocycles. The summed E-state index contributed by atoms with van der Waals surface area (Å²) >= 11 is 0. The van der Waals surface area contributed by atoms with E-state index < -0.39 is 12.0 Å². The van der Waals surface area contributed by atoms with E-state index in [-0.39, 0.29) is 17.7 Å². The number of carboxylic acids is 1. The normalized spacial score (nSPS) is 16.3. The van der Waals surface area contributed by atoms with Crippen molar-refractivity contribution in [1.82, 2.24) is 5.32 Å². The van der Waals surface area contributed by atoms with Gasteiger partial charge in [-0.05, 0) is 42.9 Å². The second kappa shape index (κ2) is 7.35. The fourth-order valence-electron chi connectivity index (χ4n) is 2.56. The molecule has 2 unspecified atom stereocenters. The van der Waals surface area contributed by atoms with Gasteiger partial charge in [0.15, 0.2) is 11.5 Å². The molecule has 1 amide bonds. The van der Waals surface area contributed by atoms with Gasteiger partial charge in [0.1, 0.15) is 6.04 Å². The second-order valence-corrected chi connectivity index (χ2v) is 5.96. The maximum absolute atomic E-state index is 12.2. The van der Waals surface area contributed by atoms with E-state index in [2.05, 4.69) is 5.32 Å². The Balaban J connectivity index is 1.99. The van der Waals surface area contributed by atoms with E-state index in [9.17, 15) is 14.7 Å². The largest absolute Gasteiger partial charge is 0.493 e. The van der Waals surface area contributed by atoms with Gasteiger partial charge in [0.2, 0.25) is 5.91 Å². The number of nitrogens with one attached hydrogen (secondary N) is 1. The molecule has 2 rings (SSSR count). The molecule has 0 spiro atoms. The summed E-state index contributed by atoms with van der Waals surface area (Å²) in [6.07, 6.45) is 2.23. The number of carbonyl (C=O) groups excluding carboxylic acids is 1. The first-order valence-corrected chi connectivity index (χ1v) is 7.70. The van der Waals surface area contributed by atoms with Crippen LogP contribution in [0.25, 0.3) is 0 Å². The minimum atomic E-state index is -0.959. The SMILES string of the molecule is COc1ccc(CC(C)C(=O)NC(C(=O)O)C2CC2)cc1OC. The predicted molar refractivity (Wildman–Crippen MR) is 84.7 cm³/mol. The smallest absolute Gasteiger partial charge is 0.326 e. The van der Waals surface area contributed by atoms with Crippen LogP contribution in [0.4, 0.5) is 0 Å². The molecule has 0 saturated heterocycles. The van der Waals surface area contributed by atoms with E-state index in [1.165, 1.54) is 0 Å². The highest BCUT2D eigenvalue weighted by molar-refractivity contribution is 5.85. The third kappa shape index (κ3) is 4.37. The van der Waals surface area contributed by atoms with Gasteiger partial charge in [-0.2, -0.15) is 0 Å². The number of ether oxygens (including phenoxy) is 2. The highest BCUT2D eigenvalue weighted by Gasteiger charge is 2.37. The van der Waals surface area contributed by atoms with Crippen LogP contribution in [0.15, 0.2) is 18.2 Å². The number of amides is 1. The average Bonchev–Trinajstić information content (AvgIpc) is 3.36. The number of hydrogen-bond donors (Lipinski definition) is 2. The van der Waals surface area contributed by atoms with Crippen molar-refractivity contribution in [2.24, 2.45) is 11.8 Å². The zero-order valence-corrected chi connectivity index (χ0v) is 13.7. The molecule has 6 nitrogen and oxygen atoms in total. The van der Waals surface area contributed by atoms with Gasteiger partial charge in [0, 0.05) is 5.92 Å². The van der Waals surface area contributed by atoms with Crippen molar-refractivity contribution >= 4 is 11.9 Å². The zero-order chi connectivity index (χ0) is 17.0. The van der Waals surface area contributed by atoms with Crippen LogP contribution in [0.1, 0.15) is 25.3 Å². The molecule has 0 radical (unpaired) electrons. The van der Waals surface area contributed by atoms with Crippen LogP contribution in [-0.2, 0) is 16.0 Å². The fraction of sp³-hybridized carbons (Fsp3) is 0.529. The Hall–Kier alpha value is -2.24. The first-order valence-electron chi connectivity index (χ1n) is 7.70. The van der Waals surface area contributed by atoms with Gasteiger partial charge in [0.25, 0.3) is 0 Å². The van der Waals surface area contributed by atoms with Crippen LogP contribution in [0.3, 0.4) is 0 Å². The Kier molecular flexibility index (Phi) is 5.47. The summed E-state index contributed by atoms with van der Waals surface area (Å²) in [4.78, 5) is 23.4. The summed E-state index contributed by atoms with van der Waals surface area (Å²) < 4.78 is 10.4. The standard InChI is InChI=1S/C17H23NO5/c1-10(16(19)18-15(17(20)21)12-5-6-12)8-11-4-7-13(22-2)14(9-11)23-3/h4,7,9-10,12,15H,5-6,8H2,1-3H3,(H,18,19)(H,20,21).